The summed E-state index contributed by atoms with van der Waals surface area (Å²) >= 11 is 1.17. The number of rotatable bonds is 9. The third-order valence-corrected chi connectivity index (χ3v) is 6.75. The monoisotopic (exact) mass is 495 g/mol. The van der Waals surface area contributed by atoms with E-state index in [9.17, 15) is 19.5 Å². The van der Waals surface area contributed by atoms with Gasteiger partial charge >= 0.3 is 12.1 Å². The normalized spacial score (nSPS) is 13.9. The summed E-state index contributed by atoms with van der Waals surface area (Å²) in [5.41, 5.74) is 4.61. The molecule has 35 heavy (non-hydrogen) atoms. The number of fused-ring (bicyclic) bond motifs is 3. The molecule has 2 atom stereocenters. The van der Waals surface area contributed by atoms with E-state index < -0.39 is 30.1 Å². The number of carboxylic acid groups (broad SMARTS) is 1. The largest absolute Gasteiger partial charge is 0.480 e. The fourth-order valence-electron chi connectivity index (χ4n) is 4.02. The second kappa shape index (κ2) is 10.7. The summed E-state index contributed by atoms with van der Waals surface area (Å²) in [7, 11) is 1.36. The Kier molecular flexibility index (Phi) is 7.42. The minimum absolute atomic E-state index is 0.0417. The molecule has 10 heteroatoms. The van der Waals surface area contributed by atoms with Crippen LogP contribution in [0.2, 0.25) is 0 Å². The van der Waals surface area contributed by atoms with Crippen molar-refractivity contribution in [3.8, 4) is 11.1 Å². The van der Waals surface area contributed by atoms with Gasteiger partial charge in [0.2, 0.25) is 0 Å². The van der Waals surface area contributed by atoms with Crippen LogP contribution in [-0.4, -0.2) is 53.9 Å². The lowest BCUT2D eigenvalue weighted by Gasteiger charge is -2.19. The Morgan fingerprint density at radius 1 is 1.09 bits per heavy atom. The van der Waals surface area contributed by atoms with Crippen LogP contribution in [0.15, 0.2) is 53.9 Å². The third kappa shape index (κ3) is 5.33. The number of ether oxygens (including phenoxy) is 2. The first-order valence-corrected chi connectivity index (χ1v) is 11.9. The Balaban J connectivity index is 1.31. The van der Waals surface area contributed by atoms with Gasteiger partial charge in [-0.05, 0) is 29.2 Å². The number of nitrogens with one attached hydrogen (secondary N) is 2. The second-order valence-electron chi connectivity index (χ2n) is 8.04. The molecule has 1 heterocycles. The molecule has 2 amide bonds. The fourth-order valence-corrected chi connectivity index (χ4v) is 4.74. The van der Waals surface area contributed by atoms with Gasteiger partial charge in [-0.2, -0.15) is 0 Å². The Hall–Kier alpha value is -3.76. The van der Waals surface area contributed by atoms with E-state index in [1.165, 1.54) is 23.8 Å². The molecule has 0 spiro atoms. The highest BCUT2D eigenvalue weighted by molar-refractivity contribution is 7.09. The number of thiazole rings is 1. The number of carbonyl (C=O) groups excluding carboxylic acids is 2. The Morgan fingerprint density at radius 2 is 1.71 bits per heavy atom. The van der Waals surface area contributed by atoms with Crippen LogP contribution in [0, 0.1) is 0 Å². The lowest BCUT2D eigenvalue weighted by atomic mass is 9.98. The van der Waals surface area contributed by atoms with Gasteiger partial charge in [0, 0.05) is 18.4 Å². The van der Waals surface area contributed by atoms with E-state index in [1.54, 1.807) is 6.92 Å². The van der Waals surface area contributed by atoms with Crippen molar-refractivity contribution in [3.05, 3.63) is 75.7 Å². The number of aromatic nitrogens is 1. The summed E-state index contributed by atoms with van der Waals surface area (Å²) in [5, 5.41) is 16.3. The van der Waals surface area contributed by atoms with Gasteiger partial charge < -0.3 is 25.2 Å². The minimum Gasteiger partial charge on any atom is -0.480 e. The van der Waals surface area contributed by atoms with Crippen molar-refractivity contribution in [2.24, 2.45) is 0 Å². The van der Waals surface area contributed by atoms with Crippen LogP contribution in [0.3, 0.4) is 0 Å². The standard InChI is InChI=1S/C25H25N3O6S/c1-14(33-2)22(24(30)31)28-23(29)20-13-35-21(27-20)11-26-25(32)34-12-19-17-9-5-3-7-15(17)16-8-4-6-10-18(16)19/h3-10,13-14,19,22H,11-12H2,1-2H3,(H,26,32)(H,28,29)(H,30,31)/t14-,22+/m1/s1. The number of carbonyl (C=O) groups is 3. The van der Waals surface area contributed by atoms with Crippen molar-refractivity contribution in [3.63, 3.8) is 0 Å². The van der Waals surface area contributed by atoms with Gasteiger partial charge in [-0.15, -0.1) is 11.3 Å². The van der Waals surface area contributed by atoms with E-state index in [1.807, 2.05) is 36.4 Å². The van der Waals surface area contributed by atoms with Crippen LogP contribution in [0.4, 0.5) is 4.79 Å². The van der Waals surface area contributed by atoms with E-state index in [-0.39, 0.29) is 24.8 Å². The van der Waals surface area contributed by atoms with Crippen molar-refractivity contribution >= 4 is 29.3 Å². The molecule has 0 aliphatic heterocycles. The molecule has 1 aliphatic carbocycles. The van der Waals surface area contributed by atoms with Crippen LogP contribution < -0.4 is 10.6 Å². The fraction of sp³-hybridized carbons (Fsp3) is 0.280. The molecule has 0 fully saturated rings. The van der Waals surface area contributed by atoms with Crippen LogP contribution >= 0.6 is 11.3 Å². The minimum atomic E-state index is -1.21. The summed E-state index contributed by atoms with van der Waals surface area (Å²) in [6.07, 6.45) is -1.31. The van der Waals surface area contributed by atoms with Crippen molar-refractivity contribution in [1.82, 2.24) is 15.6 Å². The lowest BCUT2D eigenvalue weighted by Crippen LogP contribution is -2.48. The number of nitrogens with zero attached hydrogens (tertiary/aromatic N) is 1. The van der Waals surface area contributed by atoms with Crippen LogP contribution in [-0.2, 0) is 20.8 Å². The Labute approximate surface area is 206 Å². The maximum atomic E-state index is 12.4. The molecule has 4 rings (SSSR count). The molecule has 3 aromatic rings. The Bertz CT molecular complexity index is 1200. The van der Waals surface area contributed by atoms with Crippen molar-refractivity contribution in [1.29, 1.82) is 0 Å². The number of methoxy groups -OCH3 is 1. The number of alkyl carbamates (subject to hydrolysis) is 1. The number of aliphatic carboxylic acids is 1. The molecule has 1 aromatic heterocycles. The number of carboxylic acids is 1. The molecule has 0 saturated heterocycles. The summed E-state index contributed by atoms with van der Waals surface area (Å²) in [4.78, 5) is 40.3. The van der Waals surface area contributed by atoms with Gasteiger partial charge in [0.1, 0.15) is 17.3 Å². The zero-order valence-electron chi connectivity index (χ0n) is 19.2. The highest BCUT2D eigenvalue weighted by Gasteiger charge is 2.29. The zero-order chi connectivity index (χ0) is 24.9. The topological polar surface area (TPSA) is 127 Å². The first-order chi connectivity index (χ1) is 16.9. The second-order valence-corrected chi connectivity index (χ2v) is 8.98. The van der Waals surface area contributed by atoms with E-state index in [4.69, 9.17) is 9.47 Å². The van der Waals surface area contributed by atoms with Crippen molar-refractivity contribution in [2.45, 2.75) is 31.5 Å². The average molecular weight is 496 g/mol. The number of amides is 2. The first kappa shape index (κ1) is 24.4. The maximum absolute atomic E-state index is 12.4. The van der Waals surface area contributed by atoms with Gasteiger partial charge in [0.25, 0.3) is 5.91 Å². The summed E-state index contributed by atoms with van der Waals surface area (Å²) in [6.45, 7) is 1.81. The van der Waals surface area contributed by atoms with Gasteiger partial charge in [0.15, 0.2) is 6.04 Å². The lowest BCUT2D eigenvalue weighted by molar-refractivity contribution is -0.142. The molecule has 0 radical (unpaired) electrons. The predicted molar refractivity (Wildman–Crippen MR) is 129 cm³/mol. The number of hydrogen-bond acceptors (Lipinski definition) is 7. The molecule has 0 saturated carbocycles. The van der Waals surface area contributed by atoms with E-state index in [0.717, 1.165) is 22.3 Å². The quantitative estimate of drug-likeness (QED) is 0.415. The maximum Gasteiger partial charge on any atom is 0.407 e. The van der Waals surface area contributed by atoms with Crippen LogP contribution in [0.25, 0.3) is 11.1 Å². The predicted octanol–water partition coefficient (Wildman–Crippen LogP) is 3.40. The molecule has 1 aliphatic rings. The van der Waals surface area contributed by atoms with E-state index in [2.05, 4.69) is 27.8 Å². The summed E-state index contributed by atoms with van der Waals surface area (Å²) in [6, 6.07) is 15.0. The molecule has 3 N–H and O–H groups in total. The van der Waals surface area contributed by atoms with Gasteiger partial charge in [-0.25, -0.2) is 14.6 Å². The van der Waals surface area contributed by atoms with Gasteiger partial charge in [-0.1, -0.05) is 48.5 Å². The molecular weight excluding hydrogens is 470 g/mol. The highest BCUT2D eigenvalue weighted by Crippen LogP contribution is 2.44. The van der Waals surface area contributed by atoms with Crippen LogP contribution in [0.5, 0.6) is 0 Å². The smallest absolute Gasteiger partial charge is 0.407 e. The third-order valence-electron chi connectivity index (χ3n) is 5.91. The molecule has 9 nitrogen and oxygen atoms in total. The molecule has 182 valence electrons. The summed E-state index contributed by atoms with van der Waals surface area (Å²) in [5.74, 6) is -1.88. The van der Waals surface area contributed by atoms with E-state index >= 15 is 0 Å². The molecule has 0 bridgehead atoms. The number of benzene rings is 2. The van der Waals surface area contributed by atoms with Gasteiger partial charge in [0.05, 0.1) is 12.6 Å². The SMILES string of the molecule is CO[C@H](C)[C@H](NC(=O)c1csc(CNC(=O)OCC2c3ccccc3-c3ccccc32)n1)C(=O)O. The molecule has 2 aromatic carbocycles. The average Bonchev–Trinajstić information content (AvgIpc) is 3.47. The zero-order valence-corrected chi connectivity index (χ0v) is 20.0. The molecular formula is C25H25N3O6S. The molecule has 0 unspecified atom stereocenters. The summed E-state index contributed by atoms with van der Waals surface area (Å²) < 4.78 is 10.5. The highest BCUT2D eigenvalue weighted by atomic mass is 32.1. The number of hydrogen-bond donors (Lipinski definition) is 3. The van der Waals surface area contributed by atoms with E-state index in [0.29, 0.717) is 5.01 Å². The Morgan fingerprint density at radius 3 is 2.31 bits per heavy atom. The van der Waals surface area contributed by atoms with Crippen molar-refractivity contribution in [2.75, 3.05) is 13.7 Å². The van der Waals surface area contributed by atoms with Crippen molar-refractivity contribution < 1.29 is 29.0 Å². The van der Waals surface area contributed by atoms with Crippen LogP contribution in [0.1, 0.15) is 39.5 Å². The first-order valence-electron chi connectivity index (χ1n) is 11.0. The van der Waals surface area contributed by atoms with Gasteiger partial charge in [-0.3, -0.25) is 4.79 Å².